The third-order valence-corrected chi connectivity index (χ3v) is 2.11. The van der Waals surface area contributed by atoms with E-state index < -0.39 is 5.54 Å². The van der Waals surface area contributed by atoms with Crippen LogP contribution in [0.15, 0.2) is 0 Å². The van der Waals surface area contributed by atoms with Crippen LogP contribution in [0.25, 0.3) is 0 Å². The van der Waals surface area contributed by atoms with Crippen molar-refractivity contribution in [3.63, 3.8) is 0 Å². The fourth-order valence-corrected chi connectivity index (χ4v) is 0.936. The van der Waals surface area contributed by atoms with E-state index >= 15 is 0 Å². The fourth-order valence-electron chi connectivity index (χ4n) is 0.936. The van der Waals surface area contributed by atoms with E-state index in [1.165, 1.54) is 0 Å². The lowest BCUT2D eigenvalue weighted by molar-refractivity contribution is -0.145. The quantitative estimate of drug-likeness (QED) is 0.646. The molecule has 4 heteroatoms. The van der Waals surface area contributed by atoms with E-state index in [4.69, 9.17) is 15.2 Å². The summed E-state index contributed by atoms with van der Waals surface area (Å²) < 4.78 is 9.86. The molecule has 0 spiro atoms. The molecule has 4 nitrogen and oxygen atoms in total. The summed E-state index contributed by atoms with van der Waals surface area (Å²) in [5, 5.41) is 0. The normalized spacial score (nSPS) is 17.6. The predicted octanol–water partition coefficient (Wildman–Crippen LogP) is 0.692. The second-order valence-electron chi connectivity index (χ2n) is 3.37. The minimum Gasteiger partial charge on any atom is -0.466 e. The molecule has 0 saturated carbocycles. The number of esters is 1. The molecule has 0 heterocycles. The molecule has 0 aromatic heterocycles. The molecular formula is C9H19NO3. The molecule has 0 radical (unpaired) electrons. The largest absolute Gasteiger partial charge is 0.466 e. The zero-order chi connectivity index (χ0) is 10.5. The third-order valence-electron chi connectivity index (χ3n) is 2.11. The minimum absolute atomic E-state index is 0.170. The highest BCUT2D eigenvalue weighted by molar-refractivity contribution is 5.70. The number of methoxy groups -OCH3 is 1. The highest BCUT2D eigenvalue weighted by atomic mass is 16.5. The summed E-state index contributed by atoms with van der Waals surface area (Å²) >= 11 is 0. The first-order valence-electron chi connectivity index (χ1n) is 4.41. The van der Waals surface area contributed by atoms with Gasteiger partial charge in [0, 0.05) is 12.6 Å². The van der Waals surface area contributed by atoms with Crippen molar-refractivity contribution in [3.05, 3.63) is 0 Å². The molecule has 0 aliphatic rings. The van der Waals surface area contributed by atoms with Crippen molar-refractivity contribution in [3.8, 4) is 0 Å². The van der Waals surface area contributed by atoms with Gasteiger partial charge in [0.2, 0.25) is 0 Å². The molecule has 2 N–H and O–H groups in total. The Bertz CT molecular complexity index is 168. The van der Waals surface area contributed by atoms with Gasteiger partial charge in [-0.25, -0.2) is 0 Å². The van der Waals surface area contributed by atoms with E-state index in [2.05, 4.69) is 0 Å². The summed E-state index contributed by atoms with van der Waals surface area (Å²) in [6.45, 7) is 5.76. The Morgan fingerprint density at radius 1 is 1.62 bits per heavy atom. The van der Waals surface area contributed by atoms with Crippen molar-refractivity contribution >= 4 is 5.97 Å². The number of nitrogens with two attached hydrogens (primary N) is 1. The minimum atomic E-state index is -0.666. The molecule has 13 heavy (non-hydrogen) atoms. The maximum atomic E-state index is 11.1. The van der Waals surface area contributed by atoms with Gasteiger partial charge in [-0.05, 0) is 20.8 Å². The molecule has 0 fully saturated rings. The Labute approximate surface area is 79.4 Å². The monoisotopic (exact) mass is 189 g/mol. The number of ether oxygens (including phenoxy) is 2. The first-order valence-corrected chi connectivity index (χ1v) is 4.41. The summed E-state index contributed by atoms with van der Waals surface area (Å²) in [6.07, 6.45) is 0.00690. The molecule has 0 aromatic rings. The van der Waals surface area contributed by atoms with Gasteiger partial charge in [-0.15, -0.1) is 0 Å². The van der Waals surface area contributed by atoms with Gasteiger partial charge in [0.15, 0.2) is 0 Å². The molecular weight excluding hydrogens is 170 g/mol. The van der Waals surface area contributed by atoms with Crippen LogP contribution in [0.5, 0.6) is 0 Å². The van der Waals surface area contributed by atoms with Gasteiger partial charge in [-0.3, -0.25) is 4.79 Å². The van der Waals surface area contributed by atoms with E-state index in [1.54, 1.807) is 21.0 Å². The van der Waals surface area contributed by atoms with E-state index in [1.807, 2.05) is 6.92 Å². The summed E-state index contributed by atoms with van der Waals surface area (Å²) in [7, 11) is 1.57. The van der Waals surface area contributed by atoms with Gasteiger partial charge in [-0.2, -0.15) is 0 Å². The molecule has 2 unspecified atom stereocenters. The fraction of sp³-hybridized carbons (Fsp3) is 0.889. The number of hydrogen-bond donors (Lipinski definition) is 1. The third kappa shape index (κ3) is 4.24. The van der Waals surface area contributed by atoms with E-state index in [9.17, 15) is 4.79 Å². The lowest BCUT2D eigenvalue weighted by atomic mass is 9.93. The number of rotatable bonds is 5. The van der Waals surface area contributed by atoms with Crippen molar-refractivity contribution in [1.29, 1.82) is 0 Å². The highest BCUT2D eigenvalue weighted by Gasteiger charge is 2.29. The predicted molar refractivity (Wildman–Crippen MR) is 50.3 cm³/mol. The van der Waals surface area contributed by atoms with Crippen LogP contribution >= 0.6 is 0 Å². The van der Waals surface area contributed by atoms with Crippen LogP contribution in [-0.2, 0) is 14.3 Å². The van der Waals surface area contributed by atoms with Crippen molar-refractivity contribution in [2.24, 2.45) is 5.73 Å². The van der Waals surface area contributed by atoms with Gasteiger partial charge in [0.05, 0.1) is 19.1 Å². The summed E-state index contributed by atoms with van der Waals surface area (Å²) in [5.41, 5.74) is 5.21. The second kappa shape index (κ2) is 5.19. The summed E-state index contributed by atoms with van der Waals surface area (Å²) in [5.74, 6) is -0.281. The van der Waals surface area contributed by atoms with Crippen molar-refractivity contribution in [2.45, 2.75) is 38.8 Å². The van der Waals surface area contributed by atoms with Gasteiger partial charge in [0.25, 0.3) is 0 Å². The Morgan fingerprint density at radius 3 is 2.54 bits per heavy atom. The topological polar surface area (TPSA) is 61.5 Å². The molecule has 0 aromatic carbocycles. The highest BCUT2D eigenvalue weighted by Crippen LogP contribution is 2.14. The van der Waals surface area contributed by atoms with E-state index in [0.29, 0.717) is 6.61 Å². The maximum Gasteiger partial charge on any atom is 0.307 e. The average molecular weight is 189 g/mol. The second-order valence-corrected chi connectivity index (χ2v) is 3.37. The van der Waals surface area contributed by atoms with Crippen molar-refractivity contribution < 1.29 is 14.3 Å². The molecule has 78 valence electrons. The van der Waals surface area contributed by atoms with E-state index in [0.717, 1.165) is 0 Å². The first kappa shape index (κ1) is 12.4. The van der Waals surface area contributed by atoms with Gasteiger partial charge < -0.3 is 15.2 Å². The van der Waals surface area contributed by atoms with Gasteiger partial charge >= 0.3 is 5.97 Å². The van der Waals surface area contributed by atoms with E-state index in [-0.39, 0.29) is 18.5 Å². The van der Waals surface area contributed by atoms with Crippen LogP contribution in [0, 0.1) is 0 Å². The van der Waals surface area contributed by atoms with Gasteiger partial charge in [-0.1, -0.05) is 0 Å². The van der Waals surface area contributed by atoms with Crippen LogP contribution in [0.1, 0.15) is 27.2 Å². The van der Waals surface area contributed by atoms with Crippen LogP contribution in [0.4, 0.5) is 0 Å². The van der Waals surface area contributed by atoms with Crippen LogP contribution in [0.2, 0.25) is 0 Å². The molecule has 2 atom stereocenters. The molecule has 0 aliphatic heterocycles. The number of hydrogen-bond acceptors (Lipinski definition) is 4. The smallest absolute Gasteiger partial charge is 0.307 e. The zero-order valence-corrected chi connectivity index (χ0v) is 8.79. The maximum absolute atomic E-state index is 11.1. The summed E-state index contributed by atoms with van der Waals surface area (Å²) in [4.78, 5) is 11.1. The van der Waals surface area contributed by atoms with Crippen molar-refractivity contribution in [2.75, 3.05) is 13.7 Å². The SMILES string of the molecule is CCOC(=O)CC(C)(N)C(C)OC. The Hall–Kier alpha value is -0.610. The summed E-state index contributed by atoms with van der Waals surface area (Å²) in [6, 6.07) is 0. The lowest BCUT2D eigenvalue weighted by Crippen LogP contribution is -2.49. The molecule has 0 saturated heterocycles. The lowest BCUT2D eigenvalue weighted by Gasteiger charge is -2.29. The molecule has 0 amide bonds. The Balaban J connectivity index is 4.08. The average Bonchev–Trinajstić information content (AvgIpc) is 2.02. The first-order chi connectivity index (χ1) is 5.94. The number of carbonyl (C=O) groups excluding carboxylic acids is 1. The van der Waals surface area contributed by atoms with Crippen LogP contribution < -0.4 is 5.73 Å². The van der Waals surface area contributed by atoms with Crippen molar-refractivity contribution in [1.82, 2.24) is 0 Å². The molecule has 0 rings (SSSR count). The molecule has 0 aliphatic carbocycles. The standard InChI is InChI=1S/C9H19NO3/c1-5-13-8(11)6-9(3,10)7(2)12-4/h7H,5-6,10H2,1-4H3. The molecule has 0 bridgehead atoms. The van der Waals surface area contributed by atoms with Gasteiger partial charge in [0.1, 0.15) is 0 Å². The Morgan fingerprint density at radius 2 is 2.15 bits per heavy atom. The number of carbonyl (C=O) groups is 1. The Kier molecular flexibility index (Phi) is 4.95. The zero-order valence-electron chi connectivity index (χ0n) is 8.79. The van der Waals surface area contributed by atoms with Crippen LogP contribution in [-0.4, -0.2) is 31.3 Å². The van der Waals surface area contributed by atoms with Crippen LogP contribution in [0.3, 0.4) is 0 Å².